The van der Waals surface area contributed by atoms with Gasteiger partial charge in [-0.25, -0.2) is 9.59 Å². The topological polar surface area (TPSA) is 78.4 Å². The number of carbonyl (C=O) groups excluding carboxylic acids is 1. The maximum atomic E-state index is 11.8. The first kappa shape index (κ1) is 13.9. The van der Waals surface area contributed by atoms with E-state index in [4.69, 9.17) is 5.11 Å². The standard InChI is InChI=1S/C13H15BrN2O3/c1-8-3-4-9(7-10(8)14)15-12(19)16-13(11(17)18)5-2-6-13/h3-4,7H,2,5-6H2,1H3,(H,17,18)(H2,15,16,19). The molecular weight excluding hydrogens is 312 g/mol. The number of aryl methyl sites for hydroxylation is 1. The molecule has 1 aliphatic carbocycles. The zero-order chi connectivity index (χ0) is 14.0. The van der Waals surface area contributed by atoms with Gasteiger partial charge in [-0.05, 0) is 43.9 Å². The first-order valence-corrected chi connectivity index (χ1v) is 6.81. The van der Waals surface area contributed by atoms with Crippen LogP contribution in [0.15, 0.2) is 22.7 Å². The van der Waals surface area contributed by atoms with Gasteiger partial charge in [0.25, 0.3) is 0 Å². The monoisotopic (exact) mass is 326 g/mol. The summed E-state index contributed by atoms with van der Waals surface area (Å²) >= 11 is 3.38. The molecule has 0 atom stereocenters. The minimum absolute atomic E-state index is 0.480. The molecule has 102 valence electrons. The molecule has 0 heterocycles. The molecule has 0 aromatic heterocycles. The number of carbonyl (C=O) groups is 2. The molecule has 1 fully saturated rings. The van der Waals surface area contributed by atoms with E-state index in [9.17, 15) is 9.59 Å². The van der Waals surface area contributed by atoms with E-state index in [1.165, 1.54) is 0 Å². The fourth-order valence-corrected chi connectivity index (χ4v) is 2.35. The third-order valence-electron chi connectivity index (χ3n) is 3.40. The fourth-order valence-electron chi connectivity index (χ4n) is 1.97. The molecule has 1 aliphatic rings. The second-order valence-corrected chi connectivity index (χ2v) is 5.64. The summed E-state index contributed by atoms with van der Waals surface area (Å²) in [5, 5.41) is 14.3. The number of aliphatic carboxylic acids is 1. The van der Waals surface area contributed by atoms with Crippen LogP contribution in [-0.4, -0.2) is 22.6 Å². The van der Waals surface area contributed by atoms with Gasteiger partial charge >= 0.3 is 12.0 Å². The summed E-state index contributed by atoms with van der Waals surface area (Å²) in [4.78, 5) is 23.0. The Bertz CT molecular complexity index is 527. The molecule has 0 radical (unpaired) electrons. The fraction of sp³-hybridized carbons (Fsp3) is 0.385. The lowest BCUT2D eigenvalue weighted by molar-refractivity contribution is -0.148. The Hall–Kier alpha value is -1.56. The van der Waals surface area contributed by atoms with Gasteiger partial charge in [-0.15, -0.1) is 0 Å². The number of carboxylic acid groups (broad SMARTS) is 1. The molecule has 3 N–H and O–H groups in total. The largest absolute Gasteiger partial charge is 0.480 e. The highest BCUT2D eigenvalue weighted by atomic mass is 79.9. The van der Waals surface area contributed by atoms with Crippen LogP contribution < -0.4 is 10.6 Å². The van der Waals surface area contributed by atoms with Gasteiger partial charge in [-0.1, -0.05) is 22.0 Å². The number of hydrogen-bond acceptors (Lipinski definition) is 2. The van der Waals surface area contributed by atoms with Crippen molar-refractivity contribution in [3.63, 3.8) is 0 Å². The van der Waals surface area contributed by atoms with Crippen molar-refractivity contribution in [3.8, 4) is 0 Å². The Kier molecular flexibility index (Phi) is 3.80. The van der Waals surface area contributed by atoms with E-state index in [1.54, 1.807) is 12.1 Å². The van der Waals surface area contributed by atoms with Crippen molar-refractivity contribution in [1.82, 2.24) is 5.32 Å². The Labute approximate surface area is 119 Å². The predicted octanol–water partition coefficient (Wildman–Crippen LogP) is 2.89. The van der Waals surface area contributed by atoms with Crippen LogP contribution in [0.5, 0.6) is 0 Å². The molecule has 0 unspecified atom stereocenters. The van der Waals surface area contributed by atoms with Crippen molar-refractivity contribution in [2.45, 2.75) is 31.7 Å². The van der Waals surface area contributed by atoms with Crippen molar-refractivity contribution in [2.75, 3.05) is 5.32 Å². The van der Waals surface area contributed by atoms with Crippen LogP contribution in [0.1, 0.15) is 24.8 Å². The molecule has 1 aromatic rings. The van der Waals surface area contributed by atoms with Crippen LogP contribution in [0, 0.1) is 6.92 Å². The summed E-state index contributed by atoms with van der Waals surface area (Å²) in [6.45, 7) is 1.95. The highest BCUT2D eigenvalue weighted by Crippen LogP contribution is 2.32. The normalized spacial score (nSPS) is 16.3. The lowest BCUT2D eigenvalue weighted by atomic mass is 9.77. The molecule has 1 aromatic carbocycles. The smallest absolute Gasteiger partial charge is 0.329 e. The maximum absolute atomic E-state index is 11.8. The number of halogens is 1. The number of urea groups is 1. The van der Waals surface area contributed by atoms with Gasteiger partial charge in [0.15, 0.2) is 0 Å². The Balaban J connectivity index is 2.01. The molecular formula is C13H15BrN2O3. The van der Waals surface area contributed by atoms with Crippen molar-refractivity contribution < 1.29 is 14.7 Å². The van der Waals surface area contributed by atoms with Gasteiger partial charge in [0.2, 0.25) is 0 Å². The van der Waals surface area contributed by atoms with E-state index < -0.39 is 17.5 Å². The van der Waals surface area contributed by atoms with Gasteiger partial charge in [-0.3, -0.25) is 0 Å². The van der Waals surface area contributed by atoms with Gasteiger partial charge < -0.3 is 15.7 Å². The molecule has 5 nitrogen and oxygen atoms in total. The van der Waals surface area contributed by atoms with Gasteiger partial charge in [0, 0.05) is 10.2 Å². The van der Waals surface area contributed by atoms with E-state index in [0.717, 1.165) is 16.5 Å². The molecule has 6 heteroatoms. The minimum Gasteiger partial charge on any atom is -0.480 e. The summed E-state index contributed by atoms with van der Waals surface area (Å²) in [5.74, 6) is -0.973. The van der Waals surface area contributed by atoms with Gasteiger partial charge in [0.1, 0.15) is 5.54 Å². The zero-order valence-electron chi connectivity index (χ0n) is 10.5. The predicted molar refractivity (Wildman–Crippen MR) is 75.3 cm³/mol. The molecule has 1 saturated carbocycles. The van der Waals surface area contributed by atoms with Gasteiger partial charge in [0.05, 0.1) is 0 Å². The van der Waals surface area contributed by atoms with Crippen LogP contribution in [0.2, 0.25) is 0 Å². The average Bonchev–Trinajstić information content (AvgIpc) is 2.28. The molecule has 2 amide bonds. The summed E-state index contributed by atoms with van der Waals surface area (Å²) in [6.07, 6.45) is 1.78. The lowest BCUT2D eigenvalue weighted by Gasteiger charge is -2.38. The van der Waals surface area contributed by atoms with Crippen molar-refractivity contribution in [1.29, 1.82) is 0 Å². The number of hydrogen-bond donors (Lipinski definition) is 3. The number of amides is 2. The highest BCUT2D eigenvalue weighted by molar-refractivity contribution is 9.10. The highest BCUT2D eigenvalue weighted by Gasteiger charge is 2.45. The summed E-state index contributed by atoms with van der Waals surface area (Å²) in [5.41, 5.74) is 0.591. The Morgan fingerprint density at radius 2 is 2.05 bits per heavy atom. The molecule has 2 rings (SSSR count). The van der Waals surface area contributed by atoms with Crippen LogP contribution in [0.4, 0.5) is 10.5 Å². The first-order chi connectivity index (χ1) is 8.93. The van der Waals surface area contributed by atoms with Crippen molar-refractivity contribution in [3.05, 3.63) is 28.2 Å². The average molecular weight is 327 g/mol. The first-order valence-electron chi connectivity index (χ1n) is 6.02. The van der Waals surface area contributed by atoms with E-state index in [0.29, 0.717) is 18.5 Å². The van der Waals surface area contributed by atoms with E-state index in [1.807, 2.05) is 13.0 Å². The molecule has 0 saturated heterocycles. The second-order valence-electron chi connectivity index (χ2n) is 4.78. The zero-order valence-corrected chi connectivity index (χ0v) is 12.1. The van der Waals surface area contributed by atoms with E-state index in [2.05, 4.69) is 26.6 Å². The number of anilines is 1. The van der Waals surface area contributed by atoms with Crippen LogP contribution in [0.25, 0.3) is 0 Å². The Morgan fingerprint density at radius 3 is 2.53 bits per heavy atom. The third kappa shape index (κ3) is 2.89. The number of benzene rings is 1. The minimum atomic E-state index is -1.09. The molecule has 0 bridgehead atoms. The lowest BCUT2D eigenvalue weighted by Crippen LogP contribution is -2.60. The summed E-state index contributed by atoms with van der Waals surface area (Å²) in [6, 6.07) is 4.94. The second kappa shape index (κ2) is 5.21. The third-order valence-corrected chi connectivity index (χ3v) is 4.25. The SMILES string of the molecule is Cc1ccc(NC(=O)NC2(C(=O)O)CCC2)cc1Br. The van der Waals surface area contributed by atoms with Crippen molar-refractivity contribution in [2.24, 2.45) is 0 Å². The number of nitrogens with one attached hydrogen (secondary N) is 2. The molecule has 0 aliphatic heterocycles. The molecule has 0 spiro atoms. The Morgan fingerprint density at radius 1 is 1.37 bits per heavy atom. The van der Waals surface area contributed by atoms with Gasteiger partial charge in [-0.2, -0.15) is 0 Å². The van der Waals surface area contributed by atoms with E-state index in [-0.39, 0.29) is 0 Å². The number of carboxylic acids is 1. The van der Waals surface area contributed by atoms with Crippen molar-refractivity contribution >= 4 is 33.6 Å². The summed E-state index contributed by atoms with van der Waals surface area (Å²) in [7, 11) is 0. The van der Waals surface area contributed by atoms with Crippen LogP contribution in [-0.2, 0) is 4.79 Å². The maximum Gasteiger partial charge on any atom is 0.329 e. The van der Waals surface area contributed by atoms with Crippen LogP contribution in [0.3, 0.4) is 0 Å². The molecule has 19 heavy (non-hydrogen) atoms. The summed E-state index contributed by atoms with van der Waals surface area (Å²) < 4.78 is 0.891. The van der Waals surface area contributed by atoms with E-state index >= 15 is 0 Å². The quantitative estimate of drug-likeness (QED) is 0.799. The van der Waals surface area contributed by atoms with Crippen LogP contribution >= 0.6 is 15.9 Å². The number of rotatable bonds is 3.